The van der Waals surface area contributed by atoms with Crippen molar-refractivity contribution < 1.29 is 4.79 Å². The molecule has 1 N–H and O–H groups in total. The van der Waals surface area contributed by atoms with E-state index in [4.69, 9.17) is 0 Å². The van der Waals surface area contributed by atoms with Gasteiger partial charge in [0, 0.05) is 25.4 Å². The van der Waals surface area contributed by atoms with Crippen molar-refractivity contribution in [3.05, 3.63) is 60.3 Å². The summed E-state index contributed by atoms with van der Waals surface area (Å²) in [7, 11) is 0. The van der Waals surface area contributed by atoms with E-state index in [0.29, 0.717) is 5.56 Å². The van der Waals surface area contributed by atoms with Crippen LogP contribution in [-0.2, 0) is 13.0 Å². The lowest BCUT2D eigenvalue weighted by molar-refractivity contribution is 0.102. The molecule has 0 saturated heterocycles. The number of carbonyl (C=O) groups excluding carboxylic acids is 1. The van der Waals surface area contributed by atoms with E-state index in [1.54, 1.807) is 23.1 Å². The molecule has 3 heterocycles. The summed E-state index contributed by atoms with van der Waals surface area (Å²) in [5.41, 5.74) is 1.34. The summed E-state index contributed by atoms with van der Waals surface area (Å²) in [5, 5.41) is 7.21. The Hall–Kier alpha value is -2.89. The summed E-state index contributed by atoms with van der Waals surface area (Å²) in [6, 6.07) is 9.28. The van der Waals surface area contributed by atoms with Crippen molar-refractivity contribution in [1.82, 2.24) is 19.3 Å². The zero-order valence-corrected chi connectivity index (χ0v) is 12.6. The summed E-state index contributed by atoms with van der Waals surface area (Å²) in [4.78, 5) is 17.1. The van der Waals surface area contributed by atoms with Gasteiger partial charge in [0.15, 0.2) is 0 Å². The number of aryl methyl sites for hydroxylation is 1. The van der Waals surface area contributed by atoms with Gasteiger partial charge in [-0.25, -0.2) is 9.67 Å². The van der Waals surface area contributed by atoms with E-state index in [-0.39, 0.29) is 5.91 Å². The Bertz CT molecular complexity index is 835. The van der Waals surface area contributed by atoms with Gasteiger partial charge in [0.05, 0.1) is 17.4 Å². The van der Waals surface area contributed by atoms with E-state index < -0.39 is 0 Å². The minimum absolute atomic E-state index is 0.149. The number of anilines is 1. The molecule has 0 saturated carbocycles. The van der Waals surface area contributed by atoms with Gasteiger partial charge in [-0.3, -0.25) is 4.79 Å². The highest BCUT2D eigenvalue weighted by atomic mass is 16.1. The maximum absolute atomic E-state index is 12.7. The van der Waals surface area contributed by atoms with E-state index in [2.05, 4.69) is 20.0 Å². The molecule has 2 aromatic heterocycles. The number of aromatic nitrogens is 4. The molecule has 0 radical (unpaired) electrons. The van der Waals surface area contributed by atoms with E-state index in [1.807, 2.05) is 30.5 Å². The smallest absolute Gasteiger partial charge is 0.259 e. The van der Waals surface area contributed by atoms with Crippen LogP contribution in [-0.4, -0.2) is 25.2 Å². The Kier molecular flexibility index (Phi) is 3.42. The number of hydrogen-bond acceptors (Lipinski definition) is 3. The lowest BCUT2D eigenvalue weighted by Crippen LogP contribution is -2.19. The highest BCUT2D eigenvalue weighted by Crippen LogP contribution is 2.21. The molecule has 23 heavy (non-hydrogen) atoms. The van der Waals surface area contributed by atoms with Crippen LogP contribution in [0.4, 0.5) is 5.82 Å². The van der Waals surface area contributed by atoms with Crippen molar-refractivity contribution in [1.29, 1.82) is 0 Å². The van der Waals surface area contributed by atoms with Gasteiger partial charge >= 0.3 is 0 Å². The van der Waals surface area contributed by atoms with Gasteiger partial charge in [0.1, 0.15) is 11.6 Å². The molecule has 0 fully saturated rings. The Balaban J connectivity index is 1.64. The van der Waals surface area contributed by atoms with Crippen molar-refractivity contribution in [3.8, 4) is 5.69 Å². The third kappa shape index (κ3) is 2.52. The predicted molar refractivity (Wildman–Crippen MR) is 86.7 cm³/mol. The molecule has 0 spiro atoms. The minimum Gasteiger partial charge on any atom is -0.315 e. The standard InChI is InChI=1S/C17H17N5O/c23-17(20-16-12-18-15-8-3-4-10-21(15)16)13-6-1-2-7-14(13)22-11-5-9-19-22/h1-2,5-7,9,11-12H,3-4,8,10H2,(H,20,23). The monoisotopic (exact) mass is 307 g/mol. The molecule has 3 aromatic rings. The van der Waals surface area contributed by atoms with Crippen molar-refractivity contribution in [2.75, 3.05) is 5.32 Å². The van der Waals surface area contributed by atoms with Gasteiger partial charge < -0.3 is 9.88 Å². The molecule has 1 aliphatic rings. The van der Waals surface area contributed by atoms with Crippen LogP contribution in [0.3, 0.4) is 0 Å². The summed E-state index contributed by atoms with van der Waals surface area (Å²) in [5.74, 6) is 1.66. The Morgan fingerprint density at radius 3 is 2.96 bits per heavy atom. The first-order valence-corrected chi connectivity index (χ1v) is 7.78. The van der Waals surface area contributed by atoms with Gasteiger partial charge in [-0.15, -0.1) is 0 Å². The molecule has 4 rings (SSSR count). The van der Waals surface area contributed by atoms with Crippen molar-refractivity contribution in [3.63, 3.8) is 0 Å². The Morgan fingerprint density at radius 2 is 2.09 bits per heavy atom. The van der Waals surface area contributed by atoms with Crippen LogP contribution in [0.25, 0.3) is 5.69 Å². The van der Waals surface area contributed by atoms with Crippen LogP contribution in [0.5, 0.6) is 0 Å². The molecule has 0 atom stereocenters. The predicted octanol–water partition coefficient (Wildman–Crippen LogP) is 2.66. The third-order valence-corrected chi connectivity index (χ3v) is 4.11. The summed E-state index contributed by atoms with van der Waals surface area (Å²) >= 11 is 0. The number of rotatable bonds is 3. The fraction of sp³-hybridized carbons (Fsp3) is 0.235. The van der Waals surface area contributed by atoms with Gasteiger partial charge in [0.2, 0.25) is 0 Å². The molecule has 0 bridgehead atoms. The normalized spacial score (nSPS) is 13.6. The first kappa shape index (κ1) is 13.8. The van der Waals surface area contributed by atoms with E-state index in [1.165, 1.54) is 0 Å². The number of hydrogen-bond donors (Lipinski definition) is 1. The van der Waals surface area contributed by atoms with Crippen molar-refractivity contribution in [2.45, 2.75) is 25.8 Å². The number of imidazole rings is 1. The zero-order valence-electron chi connectivity index (χ0n) is 12.6. The highest BCUT2D eigenvalue weighted by molar-refractivity contribution is 6.06. The second kappa shape index (κ2) is 5.72. The molecular weight excluding hydrogens is 290 g/mol. The Morgan fingerprint density at radius 1 is 1.17 bits per heavy atom. The van der Waals surface area contributed by atoms with Crippen LogP contribution < -0.4 is 5.32 Å². The van der Waals surface area contributed by atoms with Gasteiger partial charge in [-0.1, -0.05) is 12.1 Å². The highest BCUT2D eigenvalue weighted by Gasteiger charge is 2.18. The number of para-hydroxylation sites is 1. The van der Waals surface area contributed by atoms with Crippen LogP contribution in [0.2, 0.25) is 0 Å². The molecule has 6 heteroatoms. The van der Waals surface area contributed by atoms with Gasteiger partial charge in [0.25, 0.3) is 5.91 Å². The number of carbonyl (C=O) groups is 1. The minimum atomic E-state index is -0.149. The van der Waals surface area contributed by atoms with E-state index in [9.17, 15) is 4.79 Å². The average molecular weight is 307 g/mol. The number of amides is 1. The fourth-order valence-corrected chi connectivity index (χ4v) is 2.98. The first-order chi connectivity index (χ1) is 11.3. The first-order valence-electron chi connectivity index (χ1n) is 7.78. The molecular formula is C17H17N5O. The maximum Gasteiger partial charge on any atom is 0.259 e. The largest absolute Gasteiger partial charge is 0.315 e. The lowest BCUT2D eigenvalue weighted by Gasteiger charge is -2.17. The lowest BCUT2D eigenvalue weighted by atomic mass is 10.1. The van der Waals surface area contributed by atoms with Crippen molar-refractivity contribution >= 4 is 11.7 Å². The molecule has 0 unspecified atom stereocenters. The summed E-state index contributed by atoms with van der Waals surface area (Å²) < 4.78 is 3.79. The summed E-state index contributed by atoms with van der Waals surface area (Å²) in [6.07, 6.45) is 8.52. The number of nitrogens with zero attached hydrogens (tertiary/aromatic N) is 4. The quantitative estimate of drug-likeness (QED) is 0.809. The Labute approximate surface area is 133 Å². The summed E-state index contributed by atoms with van der Waals surface area (Å²) in [6.45, 7) is 0.908. The zero-order chi connectivity index (χ0) is 15.6. The second-order valence-electron chi connectivity index (χ2n) is 5.59. The number of fused-ring (bicyclic) bond motifs is 1. The fourth-order valence-electron chi connectivity index (χ4n) is 2.98. The van der Waals surface area contributed by atoms with E-state index in [0.717, 1.165) is 43.1 Å². The SMILES string of the molecule is O=C(Nc1cnc2n1CCCC2)c1ccccc1-n1cccn1. The van der Waals surface area contributed by atoms with Crippen LogP contribution in [0, 0.1) is 0 Å². The van der Waals surface area contributed by atoms with Crippen LogP contribution >= 0.6 is 0 Å². The number of benzene rings is 1. The van der Waals surface area contributed by atoms with Gasteiger partial charge in [-0.05, 0) is 31.0 Å². The number of nitrogens with one attached hydrogen (secondary N) is 1. The maximum atomic E-state index is 12.7. The molecule has 1 aromatic carbocycles. The van der Waals surface area contributed by atoms with Gasteiger partial charge in [-0.2, -0.15) is 5.10 Å². The molecule has 0 aliphatic carbocycles. The molecule has 1 aliphatic heterocycles. The molecule has 6 nitrogen and oxygen atoms in total. The topological polar surface area (TPSA) is 64.7 Å². The third-order valence-electron chi connectivity index (χ3n) is 4.11. The van der Waals surface area contributed by atoms with Crippen LogP contribution in [0.1, 0.15) is 29.0 Å². The van der Waals surface area contributed by atoms with Crippen molar-refractivity contribution in [2.24, 2.45) is 0 Å². The van der Waals surface area contributed by atoms with E-state index >= 15 is 0 Å². The molecule has 116 valence electrons. The average Bonchev–Trinajstić information content (AvgIpc) is 3.25. The molecule has 1 amide bonds. The van der Waals surface area contributed by atoms with Crippen LogP contribution in [0.15, 0.2) is 48.9 Å². The second-order valence-corrected chi connectivity index (χ2v) is 5.59.